The Morgan fingerprint density at radius 3 is 2.05 bits per heavy atom. The van der Waals surface area contributed by atoms with Crippen molar-refractivity contribution in [3.63, 3.8) is 0 Å². The lowest BCUT2D eigenvalue weighted by Crippen LogP contribution is -2.27. The van der Waals surface area contributed by atoms with Gasteiger partial charge in [-0.3, -0.25) is 0 Å². The number of benzene rings is 1. The Labute approximate surface area is 121 Å². The highest BCUT2D eigenvalue weighted by Crippen LogP contribution is 2.34. The molecule has 1 saturated heterocycles. The summed E-state index contributed by atoms with van der Waals surface area (Å²) in [6.07, 6.45) is -2.97. The van der Waals surface area contributed by atoms with Gasteiger partial charge in [0.15, 0.2) is 0 Å². The van der Waals surface area contributed by atoms with Crippen LogP contribution >= 0.6 is 0 Å². The minimum Gasteiger partial charge on any atom is -0.303 e. The number of hydrogen-bond donors (Lipinski definition) is 0. The first-order chi connectivity index (χ1) is 9.73. The molecule has 1 aliphatic rings. The van der Waals surface area contributed by atoms with Crippen molar-refractivity contribution < 1.29 is 26.4 Å². The average Bonchev–Trinajstić information content (AvgIpc) is 2.41. The lowest BCUT2D eigenvalue weighted by Gasteiger charge is -2.27. The lowest BCUT2D eigenvalue weighted by molar-refractivity contribution is -0.137. The maximum Gasteiger partial charge on any atom is 0.416 e. The highest BCUT2D eigenvalue weighted by molar-refractivity contribution is 7.91. The number of alkyl halides is 3. The Bertz CT molecular complexity index is 591. The van der Waals surface area contributed by atoms with Crippen molar-refractivity contribution in [1.82, 2.24) is 0 Å². The number of carbonyl (C=O) groups is 1. The van der Waals surface area contributed by atoms with Crippen molar-refractivity contribution in [3.05, 3.63) is 35.4 Å². The molecular formula is C14H15F3O3S. The van der Waals surface area contributed by atoms with E-state index in [0.717, 1.165) is 12.1 Å². The first-order valence-corrected chi connectivity index (χ1v) is 8.38. The van der Waals surface area contributed by atoms with Gasteiger partial charge < -0.3 is 4.79 Å². The number of halogens is 3. The molecule has 2 rings (SSSR count). The molecule has 1 aliphatic heterocycles. The second-order valence-electron chi connectivity index (χ2n) is 5.27. The van der Waals surface area contributed by atoms with Gasteiger partial charge in [0, 0.05) is 5.92 Å². The summed E-state index contributed by atoms with van der Waals surface area (Å²) in [6.45, 7) is 0. The third-order valence-corrected chi connectivity index (χ3v) is 5.59. The quantitative estimate of drug-likeness (QED) is 0.805. The van der Waals surface area contributed by atoms with Crippen molar-refractivity contribution >= 4 is 16.1 Å². The number of carbonyl (C=O) groups excluding carboxylic acids is 1. The first kappa shape index (κ1) is 16.0. The fourth-order valence-electron chi connectivity index (χ4n) is 2.62. The van der Waals surface area contributed by atoms with Crippen LogP contribution in [0, 0.1) is 5.92 Å². The van der Waals surface area contributed by atoms with Gasteiger partial charge in [0.2, 0.25) is 0 Å². The molecule has 0 bridgehead atoms. The Morgan fingerprint density at radius 1 is 1.10 bits per heavy atom. The van der Waals surface area contributed by atoms with Crippen molar-refractivity contribution in [2.24, 2.45) is 5.92 Å². The topological polar surface area (TPSA) is 51.2 Å². The summed E-state index contributed by atoms with van der Waals surface area (Å²) in [7, 11) is -3.03. The molecule has 116 valence electrons. The molecule has 0 saturated carbocycles. The molecule has 1 fully saturated rings. The van der Waals surface area contributed by atoms with Crippen LogP contribution in [0.4, 0.5) is 13.2 Å². The van der Waals surface area contributed by atoms with Gasteiger partial charge in [-0.25, -0.2) is 8.42 Å². The van der Waals surface area contributed by atoms with E-state index >= 15 is 0 Å². The van der Waals surface area contributed by atoms with Gasteiger partial charge in [-0.15, -0.1) is 0 Å². The Kier molecular flexibility index (Phi) is 4.41. The van der Waals surface area contributed by atoms with Gasteiger partial charge in [-0.2, -0.15) is 13.2 Å². The zero-order valence-electron chi connectivity index (χ0n) is 11.1. The molecule has 1 heterocycles. The number of rotatable bonds is 3. The van der Waals surface area contributed by atoms with E-state index in [1.807, 2.05) is 0 Å². The summed E-state index contributed by atoms with van der Waals surface area (Å²) >= 11 is 0. The minimum atomic E-state index is -4.41. The zero-order chi connectivity index (χ0) is 15.7. The molecule has 0 radical (unpaired) electrons. The smallest absolute Gasteiger partial charge is 0.303 e. The Hall–Kier alpha value is -1.37. The standard InChI is InChI=1S/C14H15F3O3S/c15-14(16,17)12-3-1-10(2-4-12)13(9-18)11-5-7-21(19,20)8-6-11/h1-4,9,11,13H,5-8H2. The van der Waals surface area contributed by atoms with Crippen LogP contribution in [0.3, 0.4) is 0 Å². The second-order valence-corrected chi connectivity index (χ2v) is 7.57. The van der Waals surface area contributed by atoms with E-state index in [0.29, 0.717) is 24.7 Å². The second kappa shape index (κ2) is 5.79. The van der Waals surface area contributed by atoms with E-state index in [1.165, 1.54) is 12.1 Å². The first-order valence-electron chi connectivity index (χ1n) is 6.56. The zero-order valence-corrected chi connectivity index (χ0v) is 12.0. The highest BCUT2D eigenvalue weighted by atomic mass is 32.2. The minimum absolute atomic E-state index is 0.0304. The molecule has 1 atom stereocenters. The largest absolute Gasteiger partial charge is 0.416 e. The van der Waals surface area contributed by atoms with Crippen LogP contribution in [0.1, 0.15) is 29.9 Å². The molecule has 3 nitrogen and oxygen atoms in total. The van der Waals surface area contributed by atoms with Gasteiger partial charge >= 0.3 is 6.18 Å². The summed E-state index contributed by atoms with van der Waals surface area (Å²) in [5.41, 5.74) is -0.260. The van der Waals surface area contributed by atoms with Crippen LogP contribution in [0.15, 0.2) is 24.3 Å². The molecule has 0 aromatic heterocycles. The van der Waals surface area contributed by atoms with E-state index < -0.39 is 27.5 Å². The molecule has 0 N–H and O–H groups in total. The van der Waals surface area contributed by atoms with E-state index in [-0.39, 0.29) is 17.4 Å². The summed E-state index contributed by atoms with van der Waals surface area (Å²) in [5.74, 6) is -0.629. The molecule has 0 aliphatic carbocycles. The molecule has 21 heavy (non-hydrogen) atoms. The Balaban J connectivity index is 2.17. The highest BCUT2D eigenvalue weighted by Gasteiger charge is 2.32. The number of sulfone groups is 1. The van der Waals surface area contributed by atoms with E-state index in [2.05, 4.69) is 0 Å². The van der Waals surface area contributed by atoms with Gasteiger partial charge in [-0.05, 0) is 36.5 Å². The predicted molar refractivity (Wildman–Crippen MR) is 71.6 cm³/mol. The molecule has 1 unspecified atom stereocenters. The van der Waals surface area contributed by atoms with E-state index in [9.17, 15) is 26.4 Å². The van der Waals surface area contributed by atoms with Crippen LogP contribution in [0.2, 0.25) is 0 Å². The normalized spacial score (nSPS) is 20.9. The lowest BCUT2D eigenvalue weighted by atomic mass is 9.83. The van der Waals surface area contributed by atoms with E-state index in [1.54, 1.807) is 0 Å². The maximum absolute atomic E-state index is 12.5. The number of aldehydes is 1. The van der Waals surface area contributed by atoms with Crippen molar-refractivity contribution in [1.29, 1.82) is 0 Å². The molecule has 0 spiro atoms. The summed E-state index contributed by atoms with van der Waals surface area (Å²) < 4.78 is 60.3. The monoisotopic (exact) mass is 320 g/mol. The van der Waals surface area contributed by atoms with Crippen molar-refractivity contribution in [3.8, 4) is 0 Å². The third-order valence-electron chi connectivity index (χ3n) is 3.88. The summed E-state index contributed by atoms with van der Waals surface area (Å²) in [4.78, 5) is 11.3. The fraction of sp³-hybridized carbons (Fsp3) is 0.500. The average molecular weight is 320 g/mol. The van der Waals surface area contributed by atoms with Gasteiger partial charge in [0.1, 0.15) is 16.1 Å². The molecular weight excluding hydrogens is 305 g/mol. The molecule has 1 aromatic rings. The number of hydrogen-bond acceptors (Lipinski definition) is 3. The van der Waals surface area contributed by atoms with Crippen LogP contribution in [-0.4, -0.2) is 26.2 Å². The fourth-order valence-corrected chi connectivity index (χ4v) is 4.15. The van der Waals surface area contributed by atoms with Crippen molar-refractivity contribution in [2.45, 2.75) is 24.9 Å². The molecule has 1 aromatic carbocycles. The molecule has 0 amide bonds. The maximum atomic E-state index is 12.5. The van der Waals surface area contributed by atoms with E-state index in [4.69, 9.17) is 0 Å². The van der Waals surface area contributed by atoms with Crippen LogP contribution in [0.25, 0.3) is 0 Å². The van der Waals surface area contributed by atoms with Gasteiger partial charge in [-0.1, -0.05) is 12.1 Å². The SMILES string of the molecule is O=CC(c1ccc(C(F)(F)F)cc1)C1CCS(=O)(=O)CC1. The summed E-state index contributed by atoms with van der Waals surface area (Å²) in [6, 6.07) is 4.49. The van der Waals surface area contributed by atoms with Crippen LogP contribution in [-0.2, 0) is 20.8 Å². The predicted octanol–water partition coefficient (Wildman–Crippen LogP) is 2.81. The van der Waals surface area contributed by atoms with Gasteiger partial charge in [0.25, 0.3) is 0 Å². The third kappa shape index (κ3) is 3.84. The molecule has 7 heteroatoms. The van der Waals surface area contributed by atoms with Crippen LogP contribution in [0.5, 0.6) is 0 Å². The summed E-state index contributed by atoms with van der Waals surface area (Å²) in [5, 5.41) is 0. The Morgan fingerprint density at radius 2 is 1.62 bits per heavy atom. The van der Waals surface area contributed by atoms with Crippen molar-refractivity contribution in [2.75, 3.05) is 11.5 Å². The van der Waals surface area contributed by atoms with Gasteiger partial charge in [0.05, 0.1) is 17.1 Å². The van der Waals surface area contributed by atoms with Crippen LogP contribution < -0.4 is 0 Å².